The van der Waals surface area contributed by atoms with Crippen LogP contribution >= 0.6 is 0 Å². The third-order valence-corrected chi connectivity index (χ3v) is 5.28. The molecule has 0 amide bonds. The average molecular weight is 431 g/mol. The van der Waals surface area contributed by atoms with E-state index in [0.717, 1.165) is 18.4 Å². The van der Waals surface area contributed by atoms with Gasteiger partial charge in [0.1, 0.15) is 11.5 Å². The zero-order valence-corrected chi connectivity index (χ0v) is 18.6. The normalized spacial score (nSPS) is 10.5. The summed E-state index contributed by atoms with van der Waals surface area (Å²) in [6.45, 7) is 2.20. The van der Waals surface area contributed by atoms with E-state index >= 15 is 0 Å². The first-order chi connectivity index (χ1) is 15.7. The van der Waals surface area contributed by atoms with E-state index in [-0.39, 0.29) is 11.1 Å². The molecule has 3 aromatic rings. The first-order valence-corrected chi connectivity index (χ1v) is 11.4. The molecule has 4 nitrogen and oxygen atoms in total. The lowest BCUT2D eigenvalue weighted by Gasteiger charge is -2.14. The van der Waals surface area contributed by atoms with E-state index in [1.807, 2.05) is 18.2 Å². The van der Waals surface area contributed by atoms with Gasteiger partial charge < -0.3 is 9.47 Å². The number of hydrogen-bond acceptors (Lipinski definition) is 4. The first-order valence-electron chi connectivity index (χ1n) is 11.4. The molecule has 0 saturated carbocycles. The van der Waals surface area contributed by atoms with Crippen LogP contribution in [0.4, 0.5) is 0 Å². The molecule has 0 aliphatic rings. The van der Waals surface area contributed by atoms with Gasteiger partial charge in [0.15, 0.2) is 0 Å². The van der Waals surface area contributed by atoms with Crippen LogP contribution in [-0.2, 0) is 6.42 Å². The van der Waals surface area contributed by atoms with Crippen molar-refractivity contribution < 1.29 is 19.1 Å². The van der Waals surface area contributed by atoms with Crippen molar-refractivity contribution in [1.82, 2.24) is 0 Å². The van der Waals surface area contributed by atoms with Crippen LogP contribution in [0.15, 0.2) is 78.9 Å². The van der Waals surface area contributed by atoms with Crippen LogP contribution in [0.5, 0.6) is 11.5 Å². The summed E-state index contributed by atoms with van der Waals surface area (Å²) >= 11 is 0. The molecule has 0 bridgehead atoms. The molecule has 3 aromatic carbocycles. The van der Waals surface area contributed by atoms with Crippen LogP contribution in [0.25, 0.3) is 0 Å². The third kappa shape index (κ3) is 6.81. The second-order valence-corrected chi connectivity index (χ2v) is 7.76. The van der Waals surface area contributed by atoms with Gasteiger partial charge in [0, 0.05) is 0 Å². The molecule has 0 aliphatic carbocycles. The smallest absolute Gasteiger partial charge is 0.344 e. The van der Waals surface area contributed by atoms with Crippen LogP contribution < -0.4 is 9.47 Å². The quantitative estimate of drug-likeness (QED) is 0.186. The fourth-order valence-corrected chi connectivity index (χ4v) is 3.61. The standard InChI is InChI=1S/C28H30O4/c1-2-3-4-5-6-9-15-22-16-14-21-25(27(29)31-23-17-10-7-11-18-23)26(22)28(30)32-24-19-12-8-13-20-24/h7-8,10-14,16-21H,2-6,9,15H2,1H3. The number of hydrogen-bond donors (Lipinski definition) is 0. The van der Waals surface area contributed by atoms with E-state index in [4.69, 9.17) is 9.47 Å². The Bertz CT molecular complexity index is 996. The molecule has 166 valence electrons. The van der Waals surface area contributed by atoms with Gasteiger partial charge in [-0.3, -0.25) is 0 Å². The maximum atomic E-state index is 13.2. The van der Waals surface area contributed by atoms with E-state index in [0.29, 0.717) is 17.9 Å². The summed E-state index contributed by atoms with van der Waals surface area (Å²) < 4.78 is 11.1. The number of ether oxygens (including phenoxy) is 2. The van der Waals surface area contributed by atoms with Crippen molar-refractivity contribution in [3.8, 4) is 11.5 Å². The second kappa shape index (κ2) is 12.5. The average Bonchev–Trinajstić information content (AvgIpc) is 2.82. The highest BCUT2D eigenvalue weighted by atomic mass is 16.5. The summed E-state index contributed by atoms with van der Waals surface area (Å²) in [5.41, 5.74) is 1.31. The molecule has 0 aromatic heterocycles. The van der Waals surface area contributed by atoms with Crippen molar-refractivity contribution in [2.24, 2.45) is 0 Å². The van der Waals surface area contributed by atoms with Crippen molar-refractivity contribution in [2.75, 3.05) is 0 Å². The highest BCUT2D eigenvalue weighted by Crippen LogP contribution is 2.23. The Hall–Kier alpha value is -3.40. The monoisotopic (exact) mass is 430 g/mol. The maximum Gasteiger partial charge on any atom is 0.344 e. The number of benzene rings is 3. The minimum Gasteiger partial charge on any atom is -0.423 e. The molecule has 0 saturated heterocycles. The number of para-hydroxylation sites is 2. The molecule has 0 N–H and O–H groups in total. The number of rotatable bonds is 11. The number of aryl methyl sites for hydroxylation is 1. The second-order valence-electron chi connectivity index (χ2n) is 7.76. The number of unbranched alkanes of at least 4 members (excludes halogenated alkanes) is 5. The molecule has 32 heavy (non-hydrogen) atoms. The zero-order chi connectivity index (χ0) is 22.6. The third-order valence-electron chi connectivity index (χ3n) is 5.28. The van der Waals surface area contributed by atoms with Crippen LogP contribution in [-0.4, -0.2) is 11.9 Å². The first kappa shape index (κ1) is 23.3. The Labute approximate surface area is 190 Å². The lowest BCUT2D eigenvalue weighted by Crippen LogP contribution is -2.19. The Morgan fingerprint density at radius 1 is 0.625 bits per heavy atom. The zero-order valence-electron chi connectivity index (χ0n) is 18.6. The van der Waals surface area contributed by atoms with E-state index < -0.39 is 11.9 Å². The lowest BCUT2D eigenvalue weighted by molar-refractivity contribution is 0.0691. The van der Waals surface area contributed by atoms with E-state index in [1.54, 1.807) is 60.7 Å². The topological polar surface area (TPSA) is 52.6 Å². The summed E-state index contributed by atoms with van der Waals surface area (Å²) in [6, 6.07) is 23.1. The highest BCUT2D eigenvalue weighted by Gasteiger charge is 2.24. The summed E-state index contributed by atoms with van der Waals surface area (Å²) in [5.74, 6) is -0.241. The number of carbonyl (C=O) groups is 2. The SMILES string of the molecule is CCCCCCCCc1cccc(C(=O)Oc2ccccc2)c1C(=O)Oc1ccccc1. The van der Waals surface area contributed by atoms with Gasteiger partial charge in [0.25, 0.3) is 0 Å². The van der Waals surface area contributed by atoms with Gasteiger partial charge in [-0.05, 0) is 48.7 Å². The Kier molecular flexibility index (Phi) is 9.05. The fraction of sp³-hybridized carbons (Fsp3) is 0.286. The van der Waals surface area contributed by atoms with Crippen molar-refractivity contribution in [3.63, 3.8) is 0 Å². The Morgan fingerprint density at radius 3 is 1.81 bits per heavy atom. The van der Waals surface area contributed by atoms with E-state index in [1.165, 1.54) is 25.7 Å². The van der Waals surface area contributed by atoms with Crippen molar-refractivity contribution >= 4 is 11.9 Å². The van der Waals surface area contributed by atoms with Gasteiger partial charge in [-0.15, -0.1) is 0 Å². The number of esters is 2. The molecule has 0 radical (unpaired) electrons. The molecule has 0 unspecified atom stereocenters. The predicted octanol–water partition coefficient (Wildman–Crippen LogP) is 7.03. The Morgan fingerprint density at radius 2 is 1.19 bits per heavy atom. The number of carbonyl (C=O) groups excluding carboxylic acids is 2. The van der Waals surface area contributed by atoms with Gasteiger partial charge >= 0.3 is 11.9 Å². The summed E-state index contributed by atoms with van der Waals surface area (Å²) in [7, 11) is 0. The molecule has 0 fully saturated rings. The van der Waals surface area contributed by atoms with E-state index in [9.17, 15) is 9.59 Å². The summed E-state index contributed by atoms with van der Waals surface area (Å²) in [6.07, 6.45) is 7.60. The van der Waals surface area contributed by atoms with Gasteiger partial charge in [0.05, 0.1) is 11.1 Å². The molecule has 3 rings (SSSR count). The van der Waals surface area contributed by atoms with Crippen LogP contribution in [0.2, 0.25) is 0 Å². The van der Waals surface area contributed by atoms with Crippen molar-refractivity contribution in [3.05, 3.63) is 95.6 Å². The van der Waals surface area contributed by atoms with Gasteiger partial charge in [0.2, 0.25) is 0 Å². The van der Waals surface area contributed by atoms with Crippen molar-refractivity contribution in [2.45, 2.75) is 51.9 Å². The van der Waals surface area contributed by atoms with Crippen LogP contribution in [0.1, 0.15) is 71.7 Å². The largest absolute Gasteiger partial charge is 0.423 e. The summed E-state index contributed by atoms with van der Waals surface area (Å²) in [4.78, 5) is 26.1. The van der Waals surface area contributed by atoms with E-state index in [2.05, 4.69) is 6.92 Å². The lowest BCUT2D eigenvalue weighted by atomic mass is 9.96. The molecule has 0 aliphatic heterocycles. The predicted molar refractivity (Wildman–Crippen MR) is 126 cm³/mol. The molecular weight excluding hydrogens is 400 g/mol. The molecule has 0 heterocycles. The maximum absolute atomic E-state index is 13.2. The Balaban J connectivity index is 1.82. The van der Waals surface area contributed by atoms with Crippen molar-refractivity contribution in [1.29, 1.82) is 0 Å². The molecule has 0 atom stereocenters. The highest BCUT2D eigenvalue weighted by molar-refractivity contribution is 6.05. The van der Waals surface area contributed by atoms with Crippen LogP contribution in [0, 0.1) is 0 Å². The fourth-order valence-electron chi connectivity index (χ4n) is 3.61. The minimum absolute atomic E-state index is 0.221. The van der Waals surface area contributed by atoms with Gasteiger partial charge in [-0.2, -0.15) is 0 Å². The van der Waals surface area contributed by atoms with Crippen LogP contribution in [0.3, 0.4) is 0 Å². The molecule has 0 spiro atoms. The van der Waals surface area contributed by atoms with Gasteiger partial charge in [-0.1, -0.05) is 87.6 Å². The minimum atomic E-state index is -0.569. The van der Waals surface area contributed by atoms with Gasteiger partial charge in [-0.25, -0.2) is 9.59 Å². The summed E-state index contributed by atoms with van der Waals surface area (Å²) in [5, 5.41) is 0. The molecular formula is C28H30O4. The molecule has 4 heteroatoms.